The van der Waals surface area contributed by atoms with Gasteiger partial charge in [0.2, 0.25) is 0 Å². The van der Waals surface area contributed by atoms with Gasteiger partial charge in [0.25, 0.3) is 6.20 Å². The SMILES string of the molecule is CN/C(=C\[N+](=O)[O-])N(Cc1cccnc1)OC. The van der Waals surface area contributed by atoms with Crippen molar-refractivity contribution in [2.24, 2.45) is 0 Å². The topological polar surface area (TPSA) is 80.5 Å². The van der Waals surface area contributed by atoms with E-state index in [0.717, 1.165) is 11.8 Å². The van der Waals surface area contributed by atoms with E-state index in [-0.39, 0.29) is 5.82 Å². The van der Waals surface area contributed by atoms with E-state index in [1.54, 1.807) is 25.5 Å². The van der Waals surface area contributed by atoms with Crippen LogP contribution in [0.2, 0.25) is 0 Å². The second-order valence-corrected chi connectivity index (χ2v) is 3.13. The minimum Gasteiger partial charge on any atom is -0.368 e. The summed E-state index contributed by atoms with van der Waals surface area (Å²) >= 11 is 0. The summed E-state index contributed by atoms with van der Waals surface area (Å²) in [6.45, 7) is 0.366. The highest BCUT2D eigenvalue weighted by Crippen LogP contribution is 2.08. The molecule has 0 aliphatic carbocycles. The Hall–Kier alpha value is -2.15. The largest absolute Gasteiger partial charge is 0.368 e. The predicted octanol–water partition coefficient (Wildman–Crippen LogP) is 0.740. The Labute approximate surface area is 98.8 Å². The smallest absolute Gasteiger partial charge is 0.276 e. The second-order valence-electron chi connectivity index (χ2n) is 3.13. The molecule has 0 saturated heterocycles. The lowest BCUT2D eigenvalue weighted by molar-refractivity contribution is -0.406. The third-order valence-corrected chi connectivity index (χ3v) is 2.02. The number of aromatic nitrogens is 1. The van der Waals surface area contributed by atoms with Gasteiger partial charge in [-0.1, -0.05) is 6.07 Å². The second kappa shape index (κ2) is 6.44. The summed E-state index contributed by atoms with van der Waals surface area (Å²) in [4.78, 5) is 18.9. The molecule has 0 unspecified atom stereocenters. The molecule has 0 radical (unpaired) electrons. The molecule has 0 fully saturated rings. The average molecular weight is 238 g/mol. The van der Waals surface area contributed by atoms with Crippen LogP contribution in [0.3, 0.4) is 0 Å². The van der Waals surface area contributed by atoms with Gasteiger partial charge in [-0.25, -0.2) is 5.06 Å². The van der Waals surface area contributed by atoms with E-state index < -0.39 is 4.92 Å². The first-order valence-corrected chi connectivity index (χ1v) is 4.91. The van der Waals surface area contributed by atoms with Crippen LogP contribution in [0.4, 0.5) is 0 Å². The van der Waals surface area contributed by atoms with Crippen molar-refractivity contribution < 1.29 is 9.76 Å². The van der Waals surface area contributed by atoms with E-state index in [1.165, 1.54) is 12.2 Å². The molecular weight excluding hydrogens is 224 g/mol. The molecule has 0 amide bonds. The van der Waals surface area contributed by atoms with Crippen molar-refractivity contribution in [2.75, 3.05) is 14.2 Å². The number of hydrogen-bond donors (Lipinski definition) is 1. The number of nitrogens with zero attached hydrogens (tertiary/aromatic N) is 3. The van der Waals surface area contributed by atoms with Crippen LogP contribution in [0.25, 0.3) is 0 Å². The highest BCUT2D eigenvalue weighted by atomic mass is 16.7. The van der Waals surface area contributed by atoms with Crippen LogP contribution in [0.1, 0.15) is 5.56 Å². The fourth-order valence-electron chi connectivity index (χ4n) is 1.26. The maximum absolute atomic E-state index is 10.4. The number of nitro groups is 1. The molecule has 7 nitrogen and oxygen atoms in total. The molecule has 0 bridgehead atoms. The fourth-order valence-corrected chi connectivity index (χ4v) is 1.26. The molecule has 0 spiro atoms. The molecular formula is C10H14N4O3. The van der Waals surface area contributed by atoms with E-state index >= 15 is 0 Å². The number of rotatable bonds is 6. The molecule has 1 heterocycles. The van der Waals surface area contributed by atoms with Crippen molar-refractivity contribution >= 4 is 0 Å². The van der Waals surface area contributed by atoms with E-state index in [0.29, 0.717) is 6.54 Å². The Morgan fingerprint density at radius 2 is 2.53 bits per heavy atom. The van der Waals surface area contributed by atoms with E-state index in [9.17, 15) is 10.1 Å². The summed E-state index contributed by atoms with van der Waals surface area (Å²) in [6.07, 6.45) is 4.18. The van der Waals surface area contributed by atoms with Crippen molar-refractivity contribution in [3.8, 4) is 0 Å². The molecule has 92 valence electrons. The summed E-state index contributed by atoms with van der Waals surface area (Å²) in [5, 5.41) is 14.5. The van der Waals surface area contributed by atoms with Crippen molar-refractivity contribution in [3.63, 3.8) is 0 Å². The van der Waals surface area contributed by atoms with Gasteiger partial charge < -0.3 is 5.32 Å². The van der Waals surface area contributed by atoms with Crippen LogP contribution in [0.5, 0.6) is 0 Å². The fraction of sp³-hybridized carbons (Fsp3) is 0.300. The quantitative estimate of drug-likeness (QED) is 0.581. The highest BCUT2D eigenvalue weighted by molar-refractivity contribution is 5.09. The molecule has 0 atom stereocenters. The van der Waals surface area contributed by atoms with Gasteiger partial charge in [-0.3, -0.25) is 19.9 Å². The molecule has 0 aliphatic heterocycles. The third-order valence-electron chi connectivity index (χ3n) is 2.02. The Balaban J connectivity index is 2.80. The van der Waals surface area contributed by atoms with Crippen LogP contribution in [0.15, 0.2) is 36.5 Å². The minimum atomic E-state index is -0.541. The first-order chi connectivity index (χ1) is 8.17. The van der Waals surface area contributed by atoms with E-state index in [2.05, 4.69) is 10.3 Å². The normalized spacial score (nSPS) is 11.1. The van der Waals surface area contributed by atoms with Crippen molar-refractivity contribution in [2.45, 2.75) is 6.54 Å². The van der Waals surface area contributed by atoms with Crippen molar-refractivity contribution in [1.29, 1.82) is 0 Å². The standard InChI is InChI=1S/C10H14N4O3/c1-11-10(8-14(15)16)13(17-2)7-9-4-3-5-12-6-9/h3-6,8,11H,7H2,1-2H3/b10-8+. The third kappa shape index (κ3) is 4.07. The number of hydrogen-bond acceptors (Lipinski definition) is 6. The molecule has 1 rings (SSSR count). The monoisotopic (exact) mass is 238 g/mol. The summed E-state index contributed by atoms with van der Waals surface area (Å²) in [5.74, 6) is 0.265. The van der Waals surface area contributed by atoms with Gasteiger partial charge in [0.05, 0.1) is 18.6 Å². The zero-order chi connectivity index (χ0) is 12.7. The summed E-state index contributed by atoms with van der Waals surface area (Å²) < 4.78 is 0. The molecule has 1 aromatic heterocycles. The molecule has 0 saturated carbocycles. The lowest BCUT2D eigenvalue weighted by Gasteiger charge is -2.22. The van der Waals surface area contributed by atoms with Gasteiger partial charge in [-0.15, -0.1) is 0 Å². The average Bonchev–Trinajstić information content (AvgIpc) is 2.34. The zero-order valence-corrected chi connectivity index (χ0v) is 9.66. The molecule has 7 heteroatoms. The highest BCUT2D eigenvalue weighted by Gasteiger charge is 2.12. The Bertz CT molecular complexity index is 394. The van der Waals surface area contributed by atoms with Crippen LogP contribution in [0, 0.1) is 10.1 Å². The Morgan fingerprint density at radius 1 is 1.76 bits per heavy atom. The first kappa shape index (κ1) is 12.9. The molecule has 1 aromatic rings. The van der Waals surface area contributed by atoms with Crippen LogP contribution >= 0.6 is 0 Å². The molecule has 1 N–H and O–H groups in total. The van der Waals surface area contributed by atoms with Gasteiger partial charge >= 0.3 is 0 Å². The van der Waals surface area contributed by atoms with E-state index in [1.807, 2.05) is 6.07 Å². The van der Waals surface area contributed by atoms with Gasteiger partial charge in [-0.05, 0) is 11.6 Å². The number of hydroxylamine groups is 2. The van der Waals surface area contributed by atoms with Crippen LogP contribution in [-0.4, -0.2) is 29.1 Å². The van der Waals surface area contributed by atoms with Gasteiger partial charge in [0.1, 0.15) is 0 Å². The lowest BCUT2D eigenvalue weighted by atomic mass is 10.3. The van der Waals surface area contributed by atoms with Crippen LogP contribution < -0.4 is 5.32 Å². The zero-order valence-electron chi connectivity index (χ0n) is 9.66. The maximum Gasteiger partial charge on any atom is 0.276 e. The molecule has 17 heavy (non-hydrogen) atoms. The Kier molecular flexibility index (Phi) is 4.89. The lowest BCUT2D eigenvalue weighted by Crippen LogP contribution is -2.29. The van der Waals surface area contributed by atoms with Crippen molar-refractivity contribution in [3.05, 3.63) is 52.2 Å². The maximum atomic E-state index is 10.4. The van der Waals surface area contributed by atoms with Gasteiger partial charge in [0.15, 0.2) is 5.82 Å². The summed E-state index contributed by atoms with van der Waals surface area (Å²) in [6, 6.07) is 3.65. The van der Waals surface area contributed by atoms with Crippen molar-refractivity contribution in [1.82, 2.24) is 15.4 Å². The van der Waals surface area contributed by atoms with E-state index in [4.69, 9.17) is 4.84 Å². The molecule has 0 aliphatic rings. The first-order valence-electron chi connectivity index (χ1n) is 4.91. The van der Waals surface area contributed by atoms with Crippen LogP contribution in [-0.2, 0) is 11.4 Å². The summed E-state index contributed by atoms with van der Waals surface area (Å²) in [5.41, 5.74) is 0.888. The Morgan fingerprint density at radius 3 is 3.00 bits per heavy atom. The summed E-state index contributed by atoms with van der Waals surface area (Å²) in [7, 11) is 3.03. The number of pyridine rings is 1. The van der Waals surface area contributed by atoms with Gasteiger partial charge in [-0.2, -0.15) is 0 Å². The number of nitrogens with one attached hydrogen (secondary N) is 1. The van der Waals surface area contributed by atoms with Gasteiger partial charge in [0, 0.05) is 19.4 Å². The minimum absolute atomic E-state index is 0.265. The molecule has 0 aromatic carbocycles. The predicted molar refractivity (Wildman–Crippen MR) is 60.9 cm³/mol.